The van der Waals surface area contributed by atoms with Crippen LogP contribution in [0.5, 0.6) is 0 Å². The van der Waals surface area contributed by atoms with Gasteiger partial charge in [0.1, 0.15) is 0 Å². The Labute approximate surface area is 162 Å². The lowest BCUT2D eigenvalue weighted by atomic mass is 10.0. The first-order chi connectivity index (χ1) is 12.4. The molecule has 4 nitrogen and oxygen atoms in total. The van der Waals surface area contributed by atoms with E-state index in [1.165, 1.54) is 64.2 Å². The van der Waals surface area contributed by atoms with Crippen LogP contribution in [0.3, 0.4) is 0 Å². The zero-order valence-electron chi connectivity index (χ0n) is 17.3. The monoisotopic (exact) mass is 392 g/mol. The number of hydrogen-bond donors (Lipinski definition) is 2. The summed E-state index contributed by atoms with van der Waals surface area (Å²) in [6.45, 7) is 4.39. The molecule has 0 radical (unpaired) electrons. The second-order valence-corrected chi connectivity index (χ2v) is 9.58. The van der Waals surface area contributed by atoms with Gasteiger partial charge in [0.15, 0.2) is 4.93 Å². The number of unbranched alkanes of at least 4 members (excludes halogenated alkanes) is 14. The van der Waals surface area contributed by atoms with E-state index in [0.717, 1.165) is 25.7 Å². The smallest absolute Gasteiger partial charge is 0.294 e. The molecule has 5 heteroatoms. The van der Waals surface area contributed by atoms with Crippen LogP contribution in [-0.4, -0.2) is 23.0 Å². The van der Waals surface area contributed by atoms with E-state index in [0.29, 0.717) is 12.8 Å². The molecule has 0 fully saturated rings. The fourth-order valence-electron chi connectivity index (χ4n) is 3.45. The van der Waals surface area contributed by atoms with Gasteiger partial charge in [-0.2, -0.15) is 8.42 Å². The van der Waals surface area contributed by atoms with Gasteiger partial charge in [-0.05, 0) is 25.7 Å². The summed E-state index contributed by atoms with van der Waals surface area (Å²) < 4.78 is 32.7. The third kappa shape index (κ3) is 13.1. The third-order valence-electron chi connectivity index (χ3n) is 5.32. The second kappa shape index (κ2) is 15.9. The zero-order valence-corrected chi connectivity index (χ0v) is 18.2. The minimum Gasteiger partial charge on any atom is -0.372 e. The molecule has 0 amide bonds. The van der Waals surface area contributed by atoms with Crippen molar-refractivity contribution in [2.24, 2.45) is 0 Å². The van der Waals surface area contributed by atoms with Crippen molar-refractivity contribution in [3.63, 3.8) is 0 Å². The molecule has 0 unspecified atom stereocenters. The summed E-state index contributed by atoms with van der Waals surface area (Å²) in [6, 6.07) is 0. The highest BCUT2D eigenvalue weighted by molar-refractivity contribution is 7.87. The topological polar surface area (TPSA) is 74.6 Å². The molecule has 0 aliphatic heterocycles. The Morgan fingerprint density at radius 2 is 0.846 bits per heavy atom. The molecule has 0 aromatic heterocycles. The van der Waals surface area contributed by atoms with Gasteiger partial charge in [-0.15, -0.1) is 0 Å². The van der Waals surface area contributed by atoms with Gasteiger partial charge in [0, 0.05) is 0 Å². The van der Waals surface area contributed by atoms with Gasteiger partial charge in [-0.3, -0.25) is 4.55 Å². The Morgan fingerprint density at radius 3 is 1.12 bits per heavy atom. The summed E-state index contributed by atoms with van der Waals surface area (Å²) in [5.41, 5.74) is 0. The molecule has 0 rings (SSSR count). The molecular weight excluding hydrogens is 348 g/mol. The molecule has 0 atom stereocenters. The van der Waals surface area contributed by atoms with Crippen LogP contribution < -0.4 is 0 Å². The fourth-order valence-corrected chi connectivity index (χ4v) is 4.26. The first-order valence-electron chi connectivity index (χ1n) is 11.1. The molecule has 158 valence electrons. The quantitative estimate of drug-likeness (QED) is 0.191. The maximum Gasteiger partial charge on any atom is 0.294 e. The lowest BCUT2D eigenvalue weighted by molar-refractivity contribution is 0.0884. The number of rotatable bonds is 19. The van der Waals surface area contributed by atoms with Crippen molar-refractivity contribution >= 4 is 10.1 Å². The lowest BCUT2D eigenvalue weighted by Gasteiger charge is -2.24. The molecule has 0 heterocycles. The normalized spacial score (nSPS) is 12.6. The van der Waals surface area contributed by atoms with Crippen LogP contribution in [0.25, 0.3) is 0 Å². The van der Waals surface area contributed by atoms with Crippen molar-refractivity contribution in [1.82, 2.24) is 0 Å². The summed E-state index contributed by atoms with van der Waals surface area (Å²) in [7, 11) is -4.42. The van der Waals surface area contributed by atoms with E-state index >= 15 is 0 Å². The third-order valence-corrected chi connectivity index (χ3v) is 6.69. The predicted octanol–water partition coefficient (Wildman–Crippen LogP) is 6.62. The molecule has 0 aliphatic rings. The van der Waals surface area contributed by atoms with Gasteiger partial charge < -0.3 is 5.11 Å². The van der Waals surface area contributed by atoms with E-state index in [4.69, 9.17) is 0 Å². The summed E-state index contributed by atoms with van der Waals surface area (Å²) in [6.07, 6.45) is 18.0. The Kier molecular flexibility index (Phi) is 15.8. The fraction of sp³-hybridized carbons (Fsp3) is 1.00. The highest BCUT2D eigenvalue weighted by Crippen LogP contribution is 2.28. The van der Waals surface area contributed by atoms with Crippen molar-refractivity contribution in [1.29, 1.82) is 0 Å². The molecule has 0 bridgehead atoms. The van der Waals surface area contributed by atoms with Gasteiger partial charge in [0.2, 0.25) is 0 Å². The van der Waals surface area contributed by atoms with E-state index in [1.54, 1.807) is 0 Å². The van der Waals surface area contributed by atoms with Crippen molar-refractivity contribution in [2.75, 3.05) is 0 Å². The highest BCUT2D eigenvalue weighted by atomic mass is 32.2. The molecule has 0 saturated carbocycles. The van der Waals surface area contributed by atoms with Gasteiger partial charge in [-0.25, -0.2) is 0 Å². The predicted molar refractivity (Wildman–Crippen MR) is 111 cm³/mol. The molecule has 0 spiro atoms. The average molecular weight is 393 g/mol. The first-order valence-corrected chi connectivity index (χ1v) is 12.5. The number of aliphatic hydroxyl groups is 1. The average Bonchev–Trinajstić information content (AvgIpc) is 2.58. The van der Waals surface area contributed by atoms with Gasteiger partial charge in [0.25, 0.3) is 10.1 Å². The Bertz CT molecular complexity index is 386. The standard InChI is InChI=1S/C21H44O4S/c1-3-5-7-9-11-13-15-17-19-21(22,26(23,24)25)20-18-16-14-12-10-8-6-4-2/h22H,3-20H2,1-2H3,(H,23,24,25). The van der Waals surface area contributed by atoms with E-state index in [9.17, 15) is 18.1 Å². The second-order valence-electron chi connectivity index (χ2n) is 7.87. The molecule has 0 aliphatic carbocycles. The van der Waals surface area contributed by atoms with Crippen LogP contribution in [-0.2, 0) is 10.1 Å². The zero-order chi connectivity index (χ0) is 19.7. The summed E-state index contributed by atoms with van der Waals surface area (Å²) in [4.78, 5) is -1.95. The highest BCUT2D eigenvalue weighted by Gasteiger charge is 2.39. The van der Waals surface area contributed by atoms with Crippen molar-refractivity contribution < 1.29 is 18.1 Å². The summed E-state index contributed by atoms with van der Waals surface area (Å²) in [5.74, 6) is 0. The van der Waals surface area contributed by atoms with Crippen LogP contribution in [0.15, 0.2) is 0 Å². The number of hydrogen-bond acceptors (Lipinski definition) is 3. The Balaban J connectivity index is 3.95. The molecular formula is C21H44O4S. The minimum atomic E-state index is -4.42. The van der Waals surface area contributed by atoms with Crippen molar-refractivity contribution in [3.8, 4) is 0 Å². The first kappa shape index (κ1) is 25.9. The lowest BCUT2D eigenvalue weighted by Crippen LogP contribution is -2.38. The molecule has 26 heavy (non-hydrogen) atoms. The molecule has 0 saturated heterocycles. The van der Waals surface area contributed by atoms with E-state index in [-0.39, 0.29) is 12.8 Å². The maximum absolute atomic E-state index is 11.6. The van der Waals surface area contributed by atoms with Crippen LogP contribution in [0, 0.1) is 0 Å². The van der Waals surface area contributed by atoms with Crippen molar-refractivity contribution in [2.45, 2.75) is 134 Å². The summed E-state index contributed by atoms with van der Waals surface area (Å²) >= 11 is 0. The summed E-state index contributed by atoms with van der Waals surface area (Å²) in [5, 5.41) is 10.5. The molecule has 0 aromatic rings. The maximum atomic E-state index is 11.6. The Hall–Kier alpha value is -0.130. The van der Waals surface area contributed by atoms with Crippen LogP contribution in [0.4, 0.5) is 0 Å². The van der Waals surface area contributed by atoms with Gasteiger partial charge in [-0.1, -0.05) is 104 Å². The Morgan fingerprint density at radius 1 is 0.577 bits per heavy atom. The van der Waals surface area contributed by atoms with E-state index in [2.05, 4.69) is 13.8 Å². The van der Waals surface area contributed by atoms with Crippen LogP contribution >= 0.6 is 0 Å². The van der Waals surface area contributed by atoms with E-state index in [1.807, 2.05) is 0 Å². The minimum absolute atomic E-state index is 0.150. The van der Waals surface area contributed by atoms with Gasteiger partial charge in [0.05, 0.1) is 0 Å². The van der Waals surface area contributed by atoms with Crippen LogP contribution in [0.1, 0.15) is 129 Å². The van der Waals surface area contributed by atoms with Crippen molar-refractivity contribution in [3.05, 3.63) is 0 Å². The largest absolute Gasteiger partial charge is 0.372 e. The molecule has 2 N–H and O–H groups in total. The SMILES string of the molecule is CCCCCCCCCCC(O)(CCCCCCCCCC)S(=O)(=O)O. The van der Waals surface area contributed by atoms with E-state index < -0.39 is 15.1 Å². The molecule has 0 aromatic carbocycles. The van der Waals surface area contributed by atoms with Gasteiger partial charge >= 0.3 is 0 Å². The van der Waals surface area contributed by atoms with Crippen LogP contribution in [0.2, 0.25) is 0 Å².